The van der Waals surface area contributed by atoms with Crippen molar-refractivity contribution in [1.29, 1.82) is 0 Å². The zero-order valence-corrected chi connectivity index (χ0v) is 11.5. The summed E-state index contributed by atoms with van der Waals surface area (Å²) in [4.78, 5) is 11.9. The van der Waals surface area contributed by atoms with Crippen LogP contribution in [0.5, 0.6) is 0 Å². The predicted octanol–water partition coefficient (Wildman–Crippen LogP) is 3.87. The number of carbonyl (C=O) groups excluding carboxylic acids is 1. The number of nitrogens with one attached hydrogen (secondary N) is 1. The Bertz CT molecular complexity index is 536. The van der Waals surface area contributed by atoms with Crippen molar-refractivity contribution < 1.29 is 4.79 Å². The highest BCUT2D eigenvalue weighted by molar-refractivity contribution is 6.30. The van der Waals surface area contributed by atoms with Gasteiger partial charge in [-0.2, -0.15) is 0 Å². The van der Waals surface area contributed by atoms with Gasteiger partial charge in [-0.25, -0.2) is 0 Å². The number of halogens is 1. The lowest BCUT2D eigenvalue weighted by Crippen LogP contribution is -2.27. The molecule has 3 heteroatoms. The van der Waals surface area contributed by atoms with Crippen molar-refractivity contribution in [3.05, 3.63) is 70.7 Å². The fourth-order valence-electron chi connectivity index (χ4n) is 1.85. The quantitative estimate of drug-likeness (QED) is 0.900. The Morgan fingerprint density at radius 1 is 1.11 bits per heavy atom. The second-order valence-electron chi connectivity index (χ2n) is 4.53. The highest BCUT2D eigenvalue weighted by Crippen LogP contribution is 2.14. The molecule has 2 aromatic carbocycles. The van der Waals surface area contributed by atoms with E-state index in [1.165, 1.54) is 5.56 Å². The summed E-state index contributed by atoms with van der Waals surface area (Å²) in [7, 11) is 0. The summed E-state index contributed by atoms with van der Waals surface area (Å²) in [6.07, 6.45) is 0. The number of hydrogen-bond acceptors (Lipinski definition) is 1. The zero-order valence-electron chi connectivity index (χ0n) is 10.8. The molecule has 0 saturated carbocycles. The summed E-state index contributed by atoms with van der Waals surface area (Å²) >= 11 is 5.79. The van der Waals surface area contributed by atoms with Crippen LogP contribution < -0.4 is 5.32 Å². The predicted molar refractivity (Wildman–Crippen MR) is 78.6 cm³/mol. The third-order valence-corrected chi connectivity index (χ3v) is 3.30. The minimum Gasteiger partial charge on any atom is -0.351 e. The molecule has 1 atom stereocenters. The highest BCUT2D eigenvalue weighted by atomic mass is 35.5. The van der Waals surface area contributed by atoms with Gasteiger partial charge >= 0.3 is 0 Å². The summed E-state index contributed by atoms with van der Waals surface area (Å²) in [5.41, 5.74) is 1.85. The second-order valence-corrected chi connectivity index (χ2v) is 4.97. The van der Waals surface area contributed by atoms with E-state index >= 15 is 0 Å². The molecule has 2 aromatic rings. The fourth-order valence-corrected chi connectivity index (χ4v) is 1.97. The van der Waals surface area contributed by atoms with Gasteiger partial charge in [0.25, 0.3) is 5.91 Å². The van der Waals surface area contributed by atoms with Crippen LogP contribution in [0.25, 0.3) is 0 Å². The third-order valence-electron chi connectivity index (χ3n) is 3.04. The Kier molecular flexibility index (Phi) is 4.58. The first-order valence-electron chi connectivity index (χ1n) is 6.25. The Morgan fingerprint density at radius 2 is 1.74 bits per heavy atom. The molecule has 0 aliphatic rings. The molecule has 19 heavy (non-hydrogen) atoms. The van der Waals surface area contributed by atoms with Gasteiger partial charge in [-0.3, -0.25) is 4.79 Å². The van der Waals surface area contributed by atoms with Crippen molar-refractivity contribution in [1.82, 2.24) is 5.32 Å². The van der Waals surface area contributed by atoms with Crippen molar-refractivity contribution in [3.63, 3.8) is 0 Å². The molecule has 1 unspecified atom stereocenters. The lowest BCUT2D eigenvalue weighted by Gasteiger charge is -2.13. The molecule has 1 N–H and O–H groups in total. The Labute approximate surface area is 118 Å². The number of rotatable bonds is 4. The van der Waals surface area contributed by atoms with Gasteiger partial charge in [-0.05, 0) is 35.7 Å². The van der Waals surface area contributed by atoms with E-state index in [4.69, 9.17) is 11.6 Å². The molecule has 2 nitrogen and oxygen atoms in total. The smallest absolute Gasteiger partial charge is 0.251 e. The highest BCUT2D eigenvalue weighted by Gasteiger charge is 2.09. The molecule has 0 aliphatic carbocycles. The molecule has 98 valence electrons. The normalized spacial score (nSPS) is 11.9. The molecule has 0 spiro atoms. The van der Waals surface area contributed by atoms with E-state index in [1.807, 2.05) is 18.2 Å². The van der Waals surface area contributed by atoms with E-state index in [-0.39, 0.29) is 11.8 Å². The average molecular weight is 274 g/mol. The van der Waals surface area contributed by atoms with Gasteiger partial charge in [0, 0.05) is 17.1 Å². The summed E-state index contributed by atoms with van der Waals surface area (Å²) in [5.74, 6) is 0.219. The lowest BCUT2D eigenvalue weighted by atomic mass is 10.0. The van der Waals surface area contributed by atoms with Gasteiger partial charge in [0.05, 0.1) is 0 Å². The van der Waals surface area contributed by atoms with Crippen LogP contribution in [-0.2, 0) is 0 Å². The topological polar surface area (TPSA) is 29.1 Å². The first-order chi connectivity index (χ1) is 9.16. The maximum atomic E-state index is 11.9. The fraction of sp³-hybridized carbons (Fsp3) is 0.188. The lowest BCUT2D eigenvalue weighted by molar-refractivity contribution is 0.0951. The van der Waals surface area contributed by atoms with Gasteiger partial charge in [-0.15, -0.1) is 0 Å². The van der Waals surface area contributed by atoms with Gasteiger partial charge < -0.3 is 5.32 Å². The van der Waals surface area contributed by atoms with Crippen LogP contribution in [0.3, 0.4) is 0 Å². The minimum absolute atomic E-state index is 0.0700. The number of hydrogen-bond donors (Lipinski definition) is 1. The minimum atomic E-state index is -0.0700. The molecule has 0 saturated heterocycles. The maximum Gasteiger partial charge on any atom is 0.251 e. The van der Waals surface area contributed by atoms with Crippen LogP contribution in [0.2, 0.25) is 5.02 Å². The largest absolute Gasteiger partial charge is 0.351 e. The average Bonchev–Trinajstić information content (AvgIpc) is 2.46. The third kappa shape index (κ3) is 3.83. The number of benzene rings is 2. The number of carbonyl (C=O) groups is 1. The van der Waals surface area contributed by atoms with Gasteiger partial charge in [0.15, 0.2) is 0 Å². The second kappa shape index (κ2) is 6.39. The van der Waals surface area contributed by atoms with Crippen LogP contribution in [0, 0.1) is 0 Å². The van der Waals surface area contributed by atoms with Crippen molar-refractivity contribution in [2.45, 2.75) is 12.8 Å². The summed E-state index contributed by atoms with van der Waals surface area (Å²) in [6.45, 7) is 2.71. The first kappa shape index (κ1) is 13.6. The van der Waals surface area contributed by atoms with Crippen molar-refractivity contribution in [2.75, 3.05) is 6.54 Å². The molecule has 0 aliphatic heterocycles. The van der Waals surface area contributed by atoms with Crippen molar-refractivity contribution in [3.8, 4) is 0 Å². The summed E-state index contributed by atoms with van der Waals surface area (Å²) < 4.78 is 0. The van der Waals surface area contributed by atoms with Crippen LogP contribution in [0.15, 0.2) is 54.6 Å². The van der Waals surface area contributed by atoms with E-state index in [0.29, 0.717) is 17.1 Å². The molecule has 0 bridgehead atoms. The Morgan fingerprint density at radius 3 is 2.37 bits per heavy atom. The van der Waals surface area contributed by atoms with E-state index in [0.717, 1.165) is 0 Å². The molecule has 0 heterocycles. The molecule has 0 aromatic heterocycles. The zero-order chi connectivity index (χ0) is 13.7. The monoisotopic (exact) mass is 273 g/mol. The van der Waals surface area contributed by atoms with Gasteiger partial charge in [-0.1, -0.05) is 48.9 Å². The number of amides is 1. The van der Waals surface area contributed by atoms with Crippen LogP contribution in [0.4, 0.5) is 0 Å². The van der Waals surface area contributed by atoms with E-state index in [1.54, 1.807) is 24.3 Å². The van der Waals surface area contributed by atoms with Crippen LogP contribution in [0.1, 0.15) is 28.8 Å². The first-order valence-corrected chi connectivity index (χ1v) is 6.63. The summed E-state index contributed by atoms with van der Waals surface area (Å²) in [6, 6.07) is 17.0. The standard InChI is InChI=1S/C16H16ClNO/c1-12(13-5-3-2-4-6-13)11-18-16(19)14-7-9-15(17)10-8-14/h2-10,12H,11H2,1H3,(H,18,19). The Hall–Kier alpha value is -1.80. The van der Waals surface area contributed by atoms with Crippen LogP contribution >= 0.6 is 11.6 Å². The van der Waals surface area contributed by atoms with Gasteiger partial charge in [0.1, 0.15) is 0 Å². The van der Waals surface area contributed by atoms with Crippen molar-refractivity contribution in [2.24, 2.45) is 0 Å². The molecular weight excluding hydrogens is 258 g/mol. The van der Waals surface area contributed by atoms with Crippen molar-refractivity contribution >= 4 is 17.5 Å². The van der Waals surface area contributed by atoms with E-state index < -0.39 is 0 Å². The van der Waals surface area contributed by atoms with E-state index in [2.05, 4.69) is 24.4 Å². The SMILES string of the molecule is CC(CNC(=O)c1ccc(Cl)cc1)c1ccccc1. The Balaban J connectivity index is 1.92. The molecule has 0 fully saturated rings. The van der Waals surface area contributed by atoms with Crippen LogP contribution in [-0.4, -0.2) is 12.5 Å². The van der Waals surface area contributed by atoms with Gasteiger partial charge in [0.2, 0.25) is 0 Å². The molecule has 2 rings (SSSR count). The molecule has 0 radical (unpaired) electrons. The maximum absolute atomic E-state index is 11.9. The molecular formula is C16H16ClNO. The molecule has 1 amide bonds. The van der Waals surface area contributed by atoms with E-state index in [9.17, 15) is 4.79 Å². The summed E-state index contributed by atoms with van der Waals surface area (Å²) in [5, 5.41) is 3.57.